The summed E-state index contributed by atoms with van der Waals surface area (Å²) in [6, 6.07) is 0. The Labute approximate surface area is 120 Å². The van der Waals surface area contributed by atoms with E-state index in [1.165, 1.54) is 13.2 Å². The third kappa shape index (κ3) is 3.20. The fraction of sp³-hybridized carbons (Fsp3) is 0.545. The molecule has 0 aromatic heterocycles. The first-order valence-electron chi connectivity index (χ1n) is 5.78. The van der Waals surface area contributed by atoms with Crippen LogP contribution in [0.4, 0.5) is 0 Å². The molecule has 1 aliphatic carbocycles. The minimum absolute atomic E-state index is 0.0245. The van der Waals surface area contributed by atoms with Gasteiger partial charge in [0.2, 0.25) is 0 Å². The van der Waals surface area contributed by atoms with E-state index < -0.39 is 22.9 Å². The Bertz CT molecular complexity index is 477. The third-order valence-corrected chi connectivity index (χ3v) is 3.09. The Morgan fingerprint density at radius 3 is 2.80 bits per heavy atom. The molecule has 0 bridgehead atoms. The van der Waals surface area contributed by atoms with Gasteiger partial charge in [-0.3, -0.25) is 10.1 Å². The molecule has 0 saturated heterocycles. The smallest absolute Gasteiger partial charge is 0.334 e. The van der Waals surface area contributed by atoms with Crippen molar-refractivity contribution in [2.24, 2.45) is 11.5 Å². The molecular formula is C11H16ClN3O5. The number of esters is 1. The second-order valence-corrected chi connectivity index (χ2v) is 4.58. The van der Waals surface area contributed by atoms with Crippen molar-refractivity contribution >= 4 is 17.6 Å². The number of hydrogen-bond acceptors (Lipinski definition) is 7. The number of carbonyl (C=O) groups excluding carboxylic acids is 1. The molecule has 112 valence electrons. The maximum absolute atomic E-state index is 12.0. The highest BCUT2D eigenvalue weighted by Crippen LogP contribution is 2.31. The molecule has 9 heteroatoms. The van der Waals surface area contributed by atoms with Crippen LogP contribution in [-0.2, 0) is 14.3 Å². The first kappa shape index (κ1) is 16.3. The summed E-state index contributed by atoms with van der Waals surface area (Å²) >= 11 is 5.47. The number of hydrogen-bond donors (Lipinski definition) is 2. The van der Waals surface area contributed by atoms with Crippen LogP contribution < -0.4 is 11.5 Å². The molecule has 0 aliphatic heterocycles. The van der Waals surface area contributed by atoms with E-state index in [0.29, 0.717) is 12.3 Å². The molecule has 0 fully saturated rings. The van der Waals surface area contributed by atoms with E-state index in [-0.39, 0.29) is 23.8 Å². The molecule has 0 spiro atoms. The first-order valence-corrected chi connectivity index (χ1v) is 6.31. The van der Waals surface area contributed by atoms with Gasteiger partial charge in [-0.25, -0.2) is 4.79 Å². The number of alkyl halides is 1. The number of ether oxygens (including phenoxy) is 2. The van der Waals surface area contributed by atoms with Crippen molar-refractivity contribution in [1.82, 2.24) is 0 Å². The largest absolute Gasteiger partial charge is 0.498 e. The predicted octanol–water partition coefficient (Wildman–Crippen LogP) is 0.237. The van der Waals surface area contributed by atoms with Crippen LogP contribution in [0.3, 0.4) is 0 Å². The molecule has 1 unspecified atom stereocenters. The summed E-state index contributed by atoms with van der Waals surface area (Å²) in [5.74, 6) is -0.468. The van der Waals surface area contributed by atoms with E-state index in [4.69, 9.17) is 32.5 Å². The van der Waals surface area contributed by atoms with Gasteiger partial charge in [0.25, 0.3) is 5.70 Å². The highest BCUT2D eigenvalue weighted by atomic mass is 35.5. The standard InChI is InChI=1S/C11H16ClN3O5/c1-19-9-5-7(13)8(15(17)18)6-11(9,14)10(16)20-4-2-3-12/h5H,2-4,6,13-14H2,1H3. The second-order valence-electron chi connectivity index (χ2n) is 4.20. The van der Waals surface area contributed by atoms with Gasteiger partial charge < -0.3 is 20.9 Å². The molecule has 20 heavy (non-hydrogen) atoms. The average molecular weight is 306 g/mol. The van der Waals surface area contributed by atoms with Crippen molar-refractivity contribution in [3.63, 3.8) is 0 Å². The van der Waals surface area contributed by atoms with Crippen molar-refractivity contribution in [1.29, 1.82) is 0 Å². The Kier molecular flexibility index (Phi) is 5.34. The van der Waals surface area contributed by atoms with Crippen LogP contribution >= 0.6 is 11.6 Å². The lowest BCUT2D eigenvalue weighted by molar-refractivity contribution is -0.430. The number of nitrogens with two attached hydrogens (primary N) is 2. The van der Waals surface area contributed by atoms with E-state index >= 15 is 0 Å². The van der Waals surface area contributed by atoms with Crippen molar-refractivity contribution in [2.75, 3.05) is 19.6 Å². The van der Waals surface area contributed by atoms with Crippen molar-refractivity contribution < 1.29 is 19.2 Å². The van der Waals surface area contributed by atoms with Crippen LogP contribution in [0.2, 0.25) is 0 Å². The first-order chi connectivity index (χ1) is 9.36. The fourth-order valence-electron chi connectivity index (χ4n) is 1.74. The van der Waals surface area contributed by atoms with E-state index in [2.05, 4.69) is 0 Å². The summed E-state index contributed by atoms with van der Waals surface area (Å²) in [4.78, 5) is 22.3. The molecular weight excluding hydrogens is 290 g/mol. The lowest BCUT2D eigenvalue weighted by Gasteiger charge is -2.30. The van der Waals surface area contributed by atoms with E-state index in [1.807, 2.05) is 0 Å². The average Bonchev–Trinajstić information content (AvgIpc) is 2.40. The van der Waals surface area contributed by atoms with Crippen LogP contribution in [0, 0.1) is 10.1 Å². The molecule has 0 aromatic carbocycles. The second kappa shape index (κ2) is 6.58. The number of allylic oxidation sites excluding steroid dienone is 1. The maximum Gasteiger partial charge on any atom is 0.334 e. The molecule has 0 radical (unpaired) electrons. The zero-order valence-corrected chi connectivity index (χ0v) is 11.7. The van der Waals surface area contributed by atoms with Gasteiger partial charge in [-0.1, -0.05) is 0 Å². The van der Waals surface area contributed by atoms with Gasteiger partial charge >= 0.3 is 5.97 Å². The zero-order valence-electron chi connectivity index (χ0n) is 10.9. The van der Waals surface area contributed by atoms with Crippen LogP contribution in [-0.4, -0.2) is 36.0 Å². The minimum atomic E-state index is -1.76. The maximum atomic E-state index is 12.0. The van der Waals surface area contributed by atoms with Gasteiger partial charge in [0.1, 0.15) is 11.5 Å². The molecule has 0 aromatic rings. The quantitative estimate of drug-likeness (QED) is 0.236. The molecule has 1 aliphatic rings. The van der Waals surface area contributed by atoms with Gasteiger partial charge in [0, 0.05) is 12.0 Å². The van der Waals surface area contributed by atoms with Crippen molar-refractivity contribution in [3.8, 4) is 0 Å². The summed E-state index contributed by atoms with van der Waals surface area (Å²) in [7, 11) is 1.30. The monoisotopic (exact) mass is 305 g/mol. The van der Waals surface area contributed by atoms with Gasteiger partial charge in [-0.15, -0.1) is 11.6 Å². The van der Waals surface area contributed by atoms with Gasteiger partial charge in [-0.2, -0.15) is 0 Å². The highest BCUT2D eigenvalue weighted by Gasteiger charge is 2.48. The third-order valence-electron chi connectivity index (χ3n) is 2.82. The van der Waals surface area contributed by atoms with Crippen molar-refractivity contribution in [3.05, 3.63) is 33.3 Å². The lowest BCUT2D eigenvalue weighted by Crippen LogP contribution is -2.53. The normalized spacial score (nSPS) is 22.2. The van der Waals surface area contributed by atoms with Gasteiger partial charge in [-0.05, 0) is 6.42 Å². The number of nitrogens with zero attached hydrogens (tertiary/aromatic N) is 1. The van der Waals surface area contributed by atoms with Crippen LogP contribution in [0.5, 0.6) is 0 Å². The summed E-state index contributed by atoms with van der Waals surface area (Å²) in [6.07, 6.45) is 1.23. The molecule has 0 heterocycles. The molecule has 0 amide bonds. The van der Waals surface area contributed by atoms with Crippen LogP contribution in [0.1, 0.15) is 12.8 Å². The van der Waals surface area contributed by atoms with Crippen LogP contribution in [0.25, 0.3) is 0 Å². The SMILES string of the molecule is COC1=CC(N)=C([N+](=O)[O-])CC1(N)C(=O)OCCCCl. The topological polar surface area (TPSA) is 131 Å². The Morgan fingerprint density at radius 1 is 1.65 bits per heavy atom. The Balaban J connectivity index is 3.01. The fourth-order valence-corrected chi connectivity index (χ4v) is 1.85. The van der Waals surface area contributed by atoms with Gasteiger partial charge in [0.15, 0.2) is 5.54 Å². The van der Waals surface area contributed by atoms with Crippen LogP contribution in [0.15, 0.2) is 23.2 Å². The Hall–Kier alpha value is -1.80. The number of rotatable bonds is 6. The zero-order chi connectivity index (χ0) is 15.3. The van der Waals surface area contributed by atoms with Crippen molar-refractivity contribution in [2.45, 2.75) is 18.4 Å². The highest BCUT2D eigenvalue weighted by molar-refractivity contribution is 6.17. The van der Waals surface area contributed by atoms with E-state index in [1.54, 1.807) is 0 Å². The number of halogens is 1. The number of nitro groups is 1. The summed E-state index contributed by atoms with van der Waals surface area (Å²) in [5, 5.41) is 10.9. The van der Waals surface area contributed by atoms with E-state index in [9.17, 15) is 14.9 Å². The predicted molar refractivity (Wildman–Crippen MR) is 71.1 cm³/mol. The summed E-state index contributed by atoms with van der Waals surface area (Å²) in [6.45, 7) is 0.0747. The summed E-state index contributed by atoms with van der Waals surface area (Å²) < 4.78 is 9.97. The Morgan fingerprint density at radius 2 is 2.30 bits per heavy atom. The summed E-state index contributed by atoms with van der Waals surface area (Å²) in [5.41, 5.74) is 9.28. The molecule has 4 N–H and O–H groups in total. The molecule has 8 nitrogen and oxygen atoms in total. The van der Waals surface area contributed by atoms with Gasteiger partial charge in [0.05, 0.1) is 25.1 Å². The van der Waals surface area contributed by atoms with E-state index in [0.717, 1.165) is 0 Å². The molecule has 1 atom stereocenters. The number of carbonyl (C=O) groups is 1. The molecule has 0 saturated carbocycles. The number of methoxy groups -OCH3 is 1. The molecule has 1 rings (SSSR count). The lowest BCUT2D eigenvalue weighted by atomic mass is 9.87. The minimum Gasteiger partial charge on any atom is -0.498 e.